The van der Waals surface area contributed by atoms with E-state index in [4.69, 9.17) is 4.42 Å². The quantitative estimate of drug-likeness (QED) is 0.332. The van der Waals surface area contributed by atoms with Crippen LogP contribution in [0.15, 0.2) is 114 Å². The molecule has 0 radical (unpaired) electrons. The van der Waals surface area contributed by atoms with Crippen molar-refractivity contribution in [3.05, 3.63) is 109 Å². The topological polar surface area (TPSA) is 25.2 Å². The standard InChI is InChI=1S/C28H19NO/c1-3-10-19(11-4-1)26-22-15-8-7-12-20(22)18-24-23-16-9-17-25(27(23)30-28(24)26)29-21-13-5-2-6-14-21/h1-18,29H. The van der Waals surface area contributed by atoms with Crippen molar-refractivity contribution in [2.45, 2.75) is 0 Å². The van der Waals surface area contributed by atoms with Gasteiger partial charge in [-0.25, -0.2) is 0 Å². The SMILES string of the molecule is c1ccc(Nc2cccc3c2oc2c(-c4ccccc4)c4ccccc4cc23)cc1. The number of nitrogens with one attached hydrogen (secondary N) is 1. The first-order valence-corrected chi connectivity index (χ1v) is 10.1. The summed E-state index contributed by atoms with van der Waals surface area (Å²) in [5.41, 5.74) is 6.12. The van der Waals surface area contributed by atoms with E-state index in [1.165, 1.54) is 10.8 Å². The lowest BCUT2D eigenvalue weighted by molar-refractivity contribution is 0.671. The molecule has 2 nitrogen and oxygen atoms in total. The second-order valence-electron chi connectivity index (χ2n) is 7.49. The van der Waals surface area contributed by atoms with Gasteiger partial charge in [-0.2, -0.15) is 0 Å². The average molecular weight is 385 g/mol. The number of rotatable bonds is 3. The molecule has 6 aromatic rings. The van der Waals surface area contributed by atoms with E-state index >= 15 is 0 Å². The third-order valence-electron chi connectivity index (χ3n) is 5.63. The third kappa shape index (κ3) is 2.66. The van der Waals surface area contributed by atoms with Crippen molar-refractivity contribution in [2.24, 2.45) is 0 Å². The summed E-state index contributed by atoms with van der Waals surface area (Å²) in [6.45, 7) is 0. The Morgan fingerprint density at radius 1 is 0.533 bits per heavy atom. The number of benzene rings is 5. The Morgan fingerprint density at radius 2 is 1.23 bits per heavy atom. The number of fused-ring (bicyclic) bond motifs is 4. The summed E-state index contributed by atoms with van der Waals surface area (Å²) in [6.07, 6.45) is 0. The highest BCUT2D eigenvalue weighted by molar-refractivity contribution is 6.19. The van der Waals surface area contributed by atoms with Crippen LogP contribution in [0, 0.1) is 0 Å². The molecule has 0 amide bonds. The van der Waals surface area contributed by atoms with Crippen LogP contribution in [-0.2, 0) is 0 Å². The molecule has 1 heterocycles. The van der Waals surface area contributed by atoms with E-state index in [-0.39, 0.29) is 0 Å². The van der Waals surface area contributed by atoms with Crippen LogP contribution >= 0.6 is 0 Å². The van der Waals surface area contributed by atoms with Crippen LogP contribution in [0.1, 0.15) is 0 Å². The minimum atomic E-state index is 0.879. The minimum Gasteiger partial charge on any atom is -0.453 e. The molecule has 5 aromatic carbocycles. The number of hydrogen-bond donors (Lipinski definition) is 1. The van der Waals surface area contributed by atoms with E-state index < -0.39 is 0 Å². The molecule has 0 aliphatic heterocycles. The third-order valence-corrected chi connectivity index (χ3v) is 5.63. The summed E-state index contributed by atoms with van der Waals surface area (Å²) in [6, 6.07) is 37.8. The molecule has 0 saturated carbocycles. The van der Waals surface area contributed by atoms with Crippen molar-refractivity contribution in [2.75, 3.05) is 5.32 Å². The van der Waals surface area contributed by atoms with Gasteiger partial charge >= 0.3 is 0 Å². The maximum atomic E-state index is 6.59. The fourth-order valence-corrected chi connectivity index (χ4v) is 4.26. The first kappa shape index (κ1) is 16.9. The summed E-state index contributed by atoms with van der Waals surface area (Å²) in [4.78, 5) is 0. The fraction of sp³-hybridized carbons (Fsp3) is 0. The highest BCUT2D eigenvalue weighted by Gasteiger charge is 2.17. The van der Waals surface area contributed by atoms with Crippen molar-refractivity contribution in [3.63, 3.8) is 0 Å². The van der Waals surface area contributed by atoms with Gasteiger partial charge in [-0.15, -0.1) is 0 Å². The predicted molar refractivity (Wildman–Crippen MR) is 126 cm³/mol. The molecule has 0 aliphatic rings. The normalized spacial score (nSPS) is 11.3. The monoisotopic (exact) mass is 385 g/mol. The molecule has 1 aromatic heterocycles. The minimum absolute atomic E-state index is 0.879. The maximum Gasteiger partial charge on any atom is 0.158 e. The zero-order valence-corrected chi connectivity index (χ0v) is 16.3. The number of hydrogen-bond acceptors (Lipinski definition) is 2. The Labute approximate surface area is 174 Å². The van der Waals surface area contributed by atoms with E-state index in [9.17, 15) is 0 Å². The van der Waals surface area contributed by atoms with Crippen LogP contribution in [-0.4, -0.2) is 0 Å². The van der Waals surface area contributed by atoms with Gasteiger partial charge in [0, 0.05) is 22.0 Å². The largest absolute Gasteiger partial charge is 0.453 e. The van der Waals surface area contributed by atoms with Gasteiger partial charge in [-0.1, -0.05) is 84.9 Å². The Kier molecular flexibility index (Phi) is 3.82. The predicted octanol–water partition coefficient (Wildman–Crippen LogP) is 8.15. The summed E-state index contributed by atoms with van der Waals surface area (Å²) in [7, 11) is 0. The molecule has 1 N–H and O–H groups in total. The van der Waals surface area contributed by atoms with Crippen LogP contribution in [0.25, 0.3) is 43.8 Å². The van der Waals surface area contributed by atoms with Gasteiger partial charge < -0.3 is 9.73 Å². The second-order valence-corrected chi connectivity index (χ2v) is 7.49. The number of furan rings is 1. The Hall–Kier alpha value is -4.04. The summed E-state index contributed by atoms with van der Waals surface area (Å²) < 4.78 is 6.59. The van der Waals surface area contributed by atoms with Gasteiger partial charge in [0.05, 0.1) is 5.69 Å². The van der Waals surface area contributed by atoms with Crippen molar-refractivity contribution in [1.82, 2.24) is 0 Å². The van der Waals surface area contributed by atoms with Gasteiger partial charge in [0.25, 0.3) is 0 Å². The van der Waals surface area contributed by atoms with Gasteiger partial charge in [-0.3, -0.25) is 0 Å². The number of para-hydroxylation sites is 2. The molecule has 2 heteroatoms. The zero-order valence-electron chi connectivity index (χ0n) is 16.3. The number of anilines is 2. The van der Waals surface area contributed by atoms with Crippen LogP contribution in [0.4, 0.5) is 11.4 Å². The lowest BCUT2D eigenvalue weighted by atomic mass is 9.95. The molecule has 0 aliphatic carbocycles. The Balaban J connectivity index is 1.69. The molecule has 0 atom stereocenters. The average Bonchev–Trinajstić information content (AvgIpc) is 3.18. The smallest absolute Gasteiger partial charge is 0.158 e. The summed E-state index contributed by atoms with van der Waals surface area (Å²) >= 11 is 0. The lowest BCUT2D eigenvalue weighted by Gasteiger charge is -2.08. The first-order valence-electron chi connectivity index (χ1n) is 10.1. The van der Waals surface area contributed by atoms with Crippen molar-refractivity contribution in [3.8, 4) is 11.1 Å². The maximum absolute atomic E-state index is 6.59. The highest BCUT2D eigenvalue weighted by atomic mass is 16.3. The fourth-order valence-electron chi connectivity index (χ4n) is 4.26. The van der Waals surface area contributed by atoms with Gasteiger partial charge in [0.15, 0.2) is 5.58 Å². The van der Waals surface area contributed by atoms with E-state index in [1.54, 1.807) is 0 Å². The van der Waals surface area contributed by atoms with Crippen molar-refractivity contribution in [1.29, 1.82) is 0 Å². The molecule has 30 heavy (non-hydrogen) atoms. The molecule has 0 spiro atoms. The van der Waals surface area contributed by atoms with Gasteiger partial charge in [-0.05, 0) is 40.6 Å². The molecule has 0 bridgehead atoms. The lowest BCUT2D eigenvalue weighted by Crippen LogP contribution is -1.89. The van der Waals surface area contributed by atoms with E-state index in [0.29, 0.717) is 0 Å². The molecule has 6 rings (SSSR count). The van der Waals surface area contributed by atoms with E-state index in [1.807, 2.05) is 24.3 Å². The second kappa shape index (κ2) is 6.78. The van der Waals surface area contributed by atoms with Crippen LogP contribution in [0.5, 0.6) is 0 Å². The molecule has 0 saturated heterocycles. The van der Waals surface area contributed by atoms with Crippen LogP contribution in [0.2, 0.25) is 0 Å². The highest BCUT2D eigenvalue weighted by Crippen LogP contribution is 2.42. The molecule has 142 valence electrons. The van der Waals surface area contributed by atoms with Gasteiger partial charge in [0.1, 0.15) is 5.58 Å². The first-order chi connectivity index (χ1) is 14.9. The summed E-state index contributed by atoms with van der Waals surface area (Å²) in [5, 5.41) is 8.19. The van der Waals surface area contributed by atoms with Crippen molar-refractivity contribution >= 4 is 44.1 Å². The summed E-state index contributed by atoms with van der Waals surface area (Å²) in [5.74, 6) is 0. The van der Waals surface area contributed by atoms with Crippen LogP contribution < -0.4 is 5.32 Å². The van der Waals surface area contributed by atoms with Crippen LogP contribution in [0.3, 0.4) is 0 Å². The Bertz CT molecular complexity index is 1500. The molecular formula is C28H19NO. The van der Waals surface area contributed by atoms with E-state index in [2.05, 4.69) is 90.2 Å². The molecule has 0 unspecified atom stereocenters. The Morgan fingerprint density at radius 3 is 2.07 bits per heavy atom. The molecular weight excluding hydrogens is 366 g/mol. The van der Waals surface area contributed by atoms with Crippen molar-refractivity contribution < 1.29 is 4.42 Å². The van der Waals surface area contributed by atoms with E-state index in [0.717, 1.165) is 44.4 Å². The molecule has 0 fully saturated rings. The zero-order chi connectivity index (χ0) is 19.9. The van der Waals surface area contributed by atoms with Gasteiger partial charge in [0.2, 0.25) is 0 Å².